The van der Waals surface area contributed by atoms with Crippen LogP contribution in [0.3, 0.4) is 0 Å². The van der Waals surface area contributed by atoms with Gasteiger partial charge in [-0.15, -0.1) is 0 Å². The zero-order chi connectivity index (χ0) is 27.1. The lowest BCUT2D eigenvalue weighted by Gasteiger charge is -2.39. The number of allylic oxidation sites excluding steroid dienone is 2. The van der Waals surface area contributed by atoms with E-state index in [2.05, 4.69) is 125 Å². The van der Waals surface area contributed by atoms with Gasteiger partial charge in [-0.25, -0.2) is 0 Å². The van der Waals surface area contributed by atoms with Crippen LogP contribution < -0.4 is 10.6 Å². The van der Waals surface area contributed by atoms with Crippen molar-refractivity contribution in [2.24, 2.45) is 23.7 Å². The van der Waals surface area contributed by atoms with E-state index < -0.39 is 0 Å². The van der Waals surface area contributed by atoms with Crippen LogP contribution in [-0.2, 0) is 0 Å². The second kappa shape index (κ2) is 13.8. The summed E-state index contributed by atoms with van der Waals surface area (Å²) in [5.74, 6) is 3.27. The van der Waals surface area contributed by atoms with E-state index in [9.17, 15) is 0 Å². The standard InChI is InChI=1S/C36H52N2/c1-25-15-13-16-26(2)35(25)37-23-29(5)33(31-19-9-7-10-20-31)34(32-21-11-8-12-22-32)30(6)24-38-36-27(3)17-14-18-28(36)4/h7-12,15,17,19-22,26,28-30,33-38H,13-14,16,18,23-24H2,1-6H3/t26-,28?,29?,30?,33-,34-,35+,36-/m1/s1. The molecule has 0 radical (unpaired) electrons. The Balaban J connectivity index is 1.60. The van der Waals surface area contributed by atoms with Crippen molar-refractivity contribution in [3.8, 4) is 0 Å². The molecule has 0 fully saturated rings. The topological polar surface area (TPSA) is 24.1 Å². The second-order valence-corrected chi connectivity index (χ2v) is 12.6. The van der Waals surface area contributed by atoms with Gasteiger partial charge in [0.2, 0.25) is 0 Å². The monoisotopic (exact) mass is 512 g/mol. The van der Waals surface area contributed by atoms with Crippen molar-refractivity contribution in [3.63, 3.8) is 0 Å². The summed E-state index contributed by atoms with van der Waals surface area (Å²) in [5, 5.41) is 8.04. The number of nitrogens with one attached hydrogen (secondary N) is 2. The Labute approximate surface area is 233 Å². The van der Waals surface area contributed by atoms with Gasteiger partial charge >= 0.3 is 0 Å². The molecule has 2 N–H and O–H groups in total. The van der Waals surface area contributed by atoms with Crippen LogP contribution in [0.5, 0.6) is 0 Å². The smallest absolute Gasteiger partial charge is 0.0302 e. The van der Waals surface area contributed by atoms with Crippen molar-refractivity contribution in [1.29, 1.82) is 0 Å². The van der Waals surface area contributed by atoms with Crippen molar-refractivity contribution in [1.82, 2.24) is 10.6 Å². The Morgan fingerprint density at radius 3 is 1.34 bits per heavy atom. The molecular weight excluding hydrogens is 460 g/mol. The van der Waals surface area contributed by atoms with Gasteiger partial charge in [0, 0.05) is 12.1 Å². The predicted molar refractivity (Wildman–Crippen MR) is 165 cm³/mol. The van der Waals surface area contributed by atoms with Crippen LogP contribution in [0.25, 0.3) is 0 Å². The van der Waals surface area contributed by atoms with Crippen LogP contribution in [0.2, 0.25) is 0 Å². The van der Waals surface area contributed by atoms with Gasteiger partial charge in [-0.3, -0.25) is 0 Å². The molecule has 0 heterocycles. The molecule has 38 heavy (non-hydrogen) atoms. The zero-order valence-corrected chi connectivity index (χ0v) is 24.8. The molecule has 2 nitrogen and oxygen atoms in total. The highest BCUT2D eigenvalue weighted by Gasteiger charge is 2.35. The van der Waals surface area contributed by atoms with Crippen LogP contribution in [0.1, 0.15) is 90.2 Å². The molecule has 8 atom stereocenters. The summed E-state index contributed by atoms with van der Waals surface area (Å²) in [7, 11) is 0. The average Bonchev–Trinajstić information content (AvgIpc) is 2.92. The molecule has 0 saturated heterocycles. The minimum Gasteiger partial charge on any atom is -0.310 e. The summed E-state index contributed by atoms with van der Waals surface area (Å²) >= 11 is 0. The summed E-state index contributed by atoms with van der Waals surface area (Å²) in [4.78, 5) is 0. The summed E-state index contributed by atoms with van der Waals surface area (Å²) in [6.07, 6.45) is 9.91. The minimum absolute atomic E-state index is 0.437. The Morgan fingerprint density at radius 2 is 1.00 bits per heavy atom. The first-order chi connectivity index (χ1) is 18.4. The van der Waals surface area contributed by atoms with E-state index >= 15 is 0 Å². The van der Waals surface area contributed by atoms with Gasteiger partial charge < -0.3 is 10.6 Å². The van der Waals surface area contributed by atoms with Gasteiger partial charge in [-0.1, -0.05) is 112 Å². The normalized spacial score (nSPS) is 27.1. The number of benzene rings is 2. The van der Waals surface area contributed by atoms with E-state index in [1.807, 2.05) is 0 Å². The lowest BCUT2D eigenvalue weighted by Crippen LogP contribution is -2.43. The van der Waals surface area contributed by atoms with E-state index in [1.165, 1.54) is 48.0 Å². The Hall–Kier alpha value is -2.16. The van der Waals surface area contributed by atoms with Crippen LogP contribution in [0, 0.1) is 23.7 Å². The maximum atomic E-state index is 4.02. The number of rotatable bonds is 11. The van der Waals surface area contributed by atoms with E-state index in [-0.39, 0.29) is 0 Å². The maximum absolute atomic E-state index is 4.02. The molecule has 4 rings (SSSR count). The Bertz CT molecular complexity index is 954. The molecule has 0 spiro atoms. The maximum Gasteiger partial charge on any atom is 0.0302 e. The third-order valence-corrected chi connectivity index (χ3v) is 9.60. The van der Waals surface area contributed by atoms with E-state index in [4.69, 9.17) is 0 Å². The third kappa shape index (κ3) is 7.07. The first-order valence-corrected chi connectivity index (χ1v) is 15.3. The van der Waals surface area contributed by atoms with Gasteiger partial charge in [-0.2, -0.15) is 0 Å². The largest absolute Gasteiger partial charge is 0.310 e. The van der Waals surface area contributed by atoms with Crippen molar-refractivity contribution >= 4 is 0 Å². The zero-order valence-electron chi connectivity index (χ0n) is 24.8. The number of hydrogen-bond donors (Lipinski definition) is 2. The van der Waals surface area contributed by atoms with Gasteiger partial charge in [-0.05, 0) is 99.3 Å². The predicted octanol–water partition coefficient (Wildman–Crippen LogP) is 8.50. The lowest BCUT2D eigenvalue weighted by atomic mass is 9.69. The molecule has 0 aliphatic heterocycles. The minimum atomic E-state index is 0.437. The van der Waals surface area contributed by atoms with E-state index in [1.54, 1.807) is 0 Å². The van der Waals surface area contributed by atoms with E-state index in [0.717, 1.165) is 13.1 Å². The molecular formula is C36H52N2. The van der Waals surface area contributed by atoms with Crippen molar-refractivity contribution in [2.75, 3.05) is 13.1 Å². The first kappa shape index (κ1) is 28.8. The second-order valence-electron chi connectivity index (χ2n) is 12.6. The van der Waals surface area contributed by atoms with Crippen molar-refractivity contribution in [2.45, 2.75) is 91.1 Å². The Kier molecular flexibility index (Phi) is 10.4. The fourth-order valence-corrected chi connectivity index (χ4v) is 7.37. The molecule has 206 valence electrons. The van der Waals surface area contributed by atoms with Gasteiger partial charge in [0.25, 0.3) is 0 Å². The van der Waals surface area contributed by atoms with E-state index in [0.29, 0.717) is 47.6 Å². The summed E-state index contributed by atoms with van der Waals surface area (Å²) in [6.45, 7) is 16.5. The highest BCUT2D eigenvalue weighted by molar-refractivity contribution is 5.30. The average molecular weight is 513 g/mol. The summed E-state index contributed by atoms with van der Waals surface area (Å²) in [6, 6.07) is 23.7. The highest BCUT2D eigenvalue weighted by atomic mass is 14.9. The fraction of sp³-hybridized carbons (Fsp3) is 0.556. The summed E-state index contributed by atoms with van der Waals surface area (Å²) in [5.41, 5.74) is 5.98. The third-order valence-electron chi connectivity index (χ3n) is 9.60. The molecule has 0 saturated carbocycles. The molecule has 3 unspecified atom stereocenters. The fourth-order valence-electron chi connectivity index (χ4n) is 7.37. The first-order valence-electron chi connectivity index (χ1n) is 15.3. The van der Waals surface area contributed by atoms with Gasteiger partial charge in [0.15, 0.2) is 0 Å². The molecule has 2 aromatic rings. The molecule has 2 aromatic carbocycles. The van der Waals surface area contributed by atoms with Crippen LogP contribution in [0.15, 0.2) is 84.0 Å². The quantitative estimate of drug-likeness (QED) is 0.295. The van der Waals surface area contributed by atoms with Crippen LogP contribution in [-0.4, -0.2) is 25.2 Å². The van der Waals surface area contributed by atoms with Crippen LogP contribution >= 0.6 is 0 Å². The molecule has 2 aliphatic carbocycles. The lowest BCUT2D eigenvalue weighted by molar-refractivity contribution is 0.272. The molecule has 0 bridgehead atoms. The van der Waals surface area contributed by atoms with Crippen molar-refractivity contribution < 1.29 is 0 Å². The van der Waals surface area contributed by atoms with Gasteiger partial charge in [0.05, 0.1) is 0 Å². The Morgan fingerprint density at radius 1 is 0.632 bits per heavy atom. The van der Waals surface area contributed by atoms with Crippen LogP contribution in [0.4, 0.5) is 0 Å². The SMILES string of the molecule is CC1=CCCC(C)[C@@H]1NCC(C)[C@H](c1ccccc1)[C@@H](c1ccccc1)C(C)CN[C@H]1C(C)=CCC[C@H]1C. The number of hydrogen-bond acceptors (Lipinski definition) is 2. The molecule has 0 amide bonds. The highest BCUT2D eigenvalue weighted by Crippen LogP contribution is 2.43. The molecule has 0 aromatic heterocycles. The van der Waals surface area contributed by atoms with Crippen molar-refractivity contribution in [3.05, 3.63) is 95.1 Å². The summed E-state index contributed by atoms with van der Waals surface area (Å²) < 4.78 is 0. The van der Waals surface area contributed by atoms with Gasteiger partial charge in [0.1, 0.15) is 0 Å². The molecule has 2 heteroatoms. The molecule has 2 aliphatic rings.